The number of sulfonamides is 1. The molecule has 3 aromatic rings. The number of imidazole rings is 1. The van der Waals surface area contributed by atoms with Gasteiger partial charge in [0.1, 0.15) is 0 Å². The highest BCUT2D eigenvalue weighted by Crippen LogP contribution is 2.21. The molecule has 2 N–H and O–H groups in total. The van der Waals surface area contributed by atoms with Crippen molar-refractivity contribution in [2.45, 2.75) is 18.7 Å². The van der Waals surface area contributed by atoms with Gasteiger partial charge in [-0.25, -0.2) is 18.4 Å². The summed E-state index contributed by atoms with van der Waals surface area (Å²) in [6.45, 7) is 3.63. The Balaban J connectivity index is 2.00. The average molecular weight is 302 g/mol. The second kappa shape index (κ2) is 4.85. The number of pyridine rings is 1. The normalized spacial score (nSPS) is 11.7. The topological polar surface area (TPSA) is 87.7 Å². The smallest absolute Gasteiger partial charge is 0.262 e. The third kappa shape index (κ3) is 2.59. The van der Waals surface area contributed by atoms with Crippen LogP contribution in [0.25, 0.3) is 11.2 Å². The van der Waals surface area contributed by atoms with Gasteiger partial charge in [0.05, 0.1) is 28.6 Å². The first-order valence-electron chi connectivity index (χ1n) is 6.35. The fourth-order valence-electron chi connectivity index (χ4n) is 2.09. The molecule has 0 unspecified atom stereocenters. The summed E-state index contributed by atoms with van der Waals surface area (Å²) in [7, 11) is -3.64. The Morgan fingerprint density at radius 3 is 2.76 bits per heavy atom. The molecule has 0 fully saturated rings. The van der Waals surface area contributed by atoms with Gasteiger partial charge in [-0.2, -0.15) is 0 Å². The summed E-state index contributed by atoms with van der Waals surface area (Å²) in [5.41, 5.74) is 3.21. The van der Waals surface area contributed by atoms with Crippen molar-refractivity contribution in [2.75, 3.05) is 4.72 Å². The minimum Gasteiger partial charge on any atom is -0.343 e. The number of fused-ring (bicyclic) bond motifs is 1. The Labute approximate surface area is 122 Å². The van der Waals surface area contributed by atoms with E-state index in [1.165, 1.54) is 12.5 Å². The van der Waals surface area contributed by atoms with E-state index in [4.69, 9.17) is 0 Å². The molecule has 2 heterocycles. The SMILES string of the molecule is Cc1ccc(C)c(S(=O)(=O)Nc2cnc3nc[nH]c3c2)c1. The summed E-state index contributed by atoms with van der Waals surface area (Å²) in [5.74, 6) is 0. The number of aromatic nitrogens is 3. The number of H-pyrrole nitrogens is 1. The molecular formula is C14H14N4O2S. The first-order chi connectivity index (χ1) is 9.95. The summed E-state index contributed by atoms with van der Waals surface area (Å²) in [6.07, 6.45) is 2.96. The number of benzene rings is 1. The lowest BCUT2D eigenvalue weighted by molar-refractivity contribution is 0.600. The molecule has 0 amide bonds. The molecule has 21 heavy (non-hydrogen) atoms. The molecule has 0 spiro atoms. The maximum absolute atomic E-state index is 12.5. The predicted octanol–water partition coefficient (Wildman–Crippen LogP) is 2.38. The van der Waals surface area contributed by atoms with Crippen LogP contribution in [-0.4, -0.2) is 23.4 Å². The van der Waals surface area contributed by atoms with E-state index in [-0.39, 0.29) is 4.90 Å². The lowest BCUT2D eigenvalue weighted by Gasteiger charge is -2.10. The van der Waals surface area contributed by atoms with Gasteiger partial charge in [0, 0.05) is 0 Å². The van der Waals surface area contributed by atoms with Crippen LogP contribution in [0.15, 0.2) is 41.7 Å². The number of nitrogens with zero attached hydrogens (tertiary/aromatic N) is 2. The van der Waals surface area contributed by atoms with Gasteiger partial charge in [0.25, 0.3) is 10.0 Å². The van der Waals surface area contributed by atoms with E-state index in [9.17, 15) is 8.42 Å². The minimum absolute atomic E-state index is 0.271. The number of nitrogens with one attached hydrogen (secondary N) is 2. The van der Waals surface area contributed by atoms with Crippen LogP contribution in [0.4, 0.5) is 5.69 Å². The van der Waals surface area contributed by atoms with E-state index < -0.39 is 10.0 Å². The maximum Gasteiger partial charge on any atom is 0.262 e. The molecule has 0 saturated carbocycles. The van der Waals surface area contributed by atoms with Gasteiger partial charge in [0.2, 0.25) is 0 Å². The monoisotopic (exact) mass is 302 g/mol. The van der Waals surface area contributed by atoms with E-state index in [1.54, 1.807) is 25.1 Å². The molecular weight excluding hydrogens is 288 g/mol. The van der Waals surface area contributed by atoms with Gasteiger partial charge in [-0.3, -0.25) is 4.72 Å². The summed E-state index contributed by atoms with van der Waals surface area (Å²) in [6, 6.07) is 6.99. The lowest BCUT2D eigenvalue weighted by atomic mass is 10.2. The molecule has 108 valence electrons. The first-order valence-corrected chi connectivity index (χ1v) is 7.83. The molecule has 0 radical (unpaired) electrons. The van der Waals surface area contributed by atoms with E-state index in [0.29, 0.717) is 22.4 Å². The zero-order valence-corrected chi connectivity index (χ0v) is 12.4. The fraction of sp³-hybridized carbons (Fsp3) is 0.143. The van der Waals surface area contributed by atoms with Gasteiger partial charge < -0.3 is 4.98 Å². The standard InChI is InChI=1S/C14H14N4O2S/c1-9-3-4-10(2)13(5-9)21(19,20)18-11-6-12-14(15-7-11)17-8-16-12/h3-8,18H,1-2H3,(H,15,16,17). The number of aryl methyl sites for hydroxylation is 2. The highest BCUT2D eigenvalue weighted by Gasteiger charge is 2.17. The van der Waals surface area contributed by atoms with Crippen molar-refractivity contribution in [1.29, 1.82) is 0 Å². The molecule has 2 aromatic heterocycles. The van der Waals surface area contributed by atoms with Crippen molar-refractivity contribution in [1.82, 2.24) is 15.0 Å². The molecule has 6 nitrogen and oxygen atoms in total. The second-order valence-electron chi connectivity index (χ2n) is 4.87. The summed E-state index contributed by atoms with van der Waals surface area (Å²) in [4.78, 5) is 11.3. The number of hydrogen-bond donors (Lipinski definition) is 2. The van der Waals surface area contributed by atoms with Crippen molar-refractivity contribution in [3.8, 4) is 0 Å². The van der Waals surface area contributed by atoms with E-state index >= 15 is 0 Å². The van der Waals surface area contributed by atoms with Crippen LogP contribution in [0.3, 0.4) is 0 Å². The Morgan fingerprint density at radius 2 is 1.95 bits per heavy atom. The number of rotatable bonds is 3. The second-order valence-corrected chi connectivity index (χ2v) is 6.52. The van der Waals surface area contributed by atoms with Crippen molar-refractivity contribution in [3.63, 3.8) is 0 Å². The zero-order valence-electron chi connectivity index (χ0n) is 11.6. The number of aromatic amines is 1. The third-order valence-corrected chi connectivity index (χ3v) is 4.68. The van der Waals surface area contributed by atoms with Gasteiger partial charge in [-0.1, -0.05) is 12.1 Å². The summed E-state index contributed by atoms with van der Waals surface area (Å²) < 4.78 is 27.5. The van der Waals surface area contributed by atoms with Gasteiger partial charge in [0.15, 0.2) is 5.65 Å². The quantitative estimate of drug-likeness (QED) is 0.777. The van der Waals surface area contributed by atoms with E-state index in [1.807, 2.05) is 13.0 Å². The minimum atomic E-state index is -3.64. The molecule has 0 atom stereocenters. The van der Waals surface area contributed by atoms with Crippen LogP contribution < -0.4 is 4.72 Å². The lowest BCUT2D eigenvalue weighted by Crippen LogP contribution is -2.14. The summed E-state index contributed by atoms with van der Waals surface area (Å²) in [5, 5.41) is 0. The number of anilines is 1. The Bertz CT molecular complexity index is 916. The fourth-order valence-corrected chi connectivity index (χ4v) is 3.46. The molecule has 1 aromatic carbocycles. The predicted molar refractivity (Wildman–Crippen MR) is 80.6 cm³/mol. The average Bonchev–Trinajstić information content (AvgIpc) is 2.88. The van der Waals surface area contributed by atoms with Crippen LogP contribution in [-0.2, 0) is 10.0 Å². The first kappa shape index (κ1) is 13.6. The molecule has 3 rings (SSSR count). The molecule has 7 heteroatoms. The van der Waals surface area contributed by atoms with Crippen molar-refractivity contribution in [3.05, 3.63) is 47.9 Å². The van der Waals surface area contributed by atoms with Gasteiger partial charge in [-0.15, -0.1) is 0 Å². The van der Waals surface area contributed by atoms with Crippen LogP contribution in [0.2, 0.25) is 0 Å². The van der Waals surface area contributed by atoms with Crippen molar-refractivity contribution < 1.29 is 8.42 Å². The molecule has 0 aliphatic rings. The molecule has 0 bridgehead atoms. The van der Waals surface area contributed by atoms with Crippen molar-refractivity contribution >= 4 is 26.9 Å². The van der Waals surface area contributed by atoms with Crippen molar-refractivity contribution in [2.24, 2.45) is 0 Å². The van der Waals surface area contributed by atoms with Crippen LogP contribution in [0.1, 0.15) is 11.1 Å². The Kier molecular flexibility index (Phi) is 3.13. The third-order valence-electron chi connectivity index (χ3n) is 3.16. The van der Waals surface area contributed by atoms with Gasteiger partial charge >= 0.3 is 0 Å². The van der Waals surface area contributed by atoms with E-state index in [2.05, 4.69) is 19.7 Å². The van der Waals surface area contributed by atoms with Gasteiger partial charge in [-0.05, 0) is 37.1 Å². The zero-order chi connectivity index (χ0) is 15.0. The molecule has 0 aliphatic carbocycles. The largest absolute Gasteiger partial charge is 0.343 e. The Morgan fingerprint density at radius 1 is 1.14 bits per heavy atom. The number of hydrogen-bond acceptors (Lipinski definition) is 4. The highest BCUT2D eigenvalue weighted by atomic mass is 32.2. The van der Waals surface area contributed by atoms with E-state index in [0.717, 1.165) is 5.56 Å². The molecule has 0 saturated heterocycles. The summed E-state index contributed by atoms with van der Waals surface area (Å²) >= 11 is 0. The van der Waals surface area contributed by atoms with Crippen LogP contribution >= 0.6 is 0 Å². The van der Waals surface area contributed by atoms with Crippen LogP contribution in [0.5, 0.6) is 0 Å². The van der Waals surface area contributed by atoms with Crippen LogP contribution in [0, 0.1) is 13.8 Å². The maximum atomic E-state index is 12.5. The Hall–Kier alpha value is -2.41. The highest BCUT2D eigenvalue weighted by molar-refractivity contribution is 7.92. The molecule has 0 aliphatic heterocycles.